The molecule has 4 rings (SSSR count). The maximum atomic E-state index is 14.2. The molecule has 1 saturated carbocycles. The molecule has 1 aliphatic rings. The van der Waals surface area contributed by atoms with E-state index in [0.29, 0.717) is 35.4 Å². The molecule has 0 bridgehead atoms. The van der Waals surface area contributed by atoms with E-state index in [9.17, 15) is 29.4 Å². The number of rotatable bonds is 11. The highest BCUT2D eigenvalue weighted by molar-refractivity contribution is 7.20. The van der Waals surface area contributed by atoms with Crippen molar-refractivity contribution < 1.29 is 29.3 Å². The summed E-state index contributed by atoms with van der Waals surface area (Å²) in [4.78, 5) is 53.8. The fraction of sp³-hybridized carbons (Fsp3) is 0.562. The first-order valence-electron chi connectivity index (χ1n) is 14.9. The third kappa shape index (κ3) is 6.57. The van der Waals surface area contributed by atoms with Gasteiger partial charge in [-0.25, -0.2) is 19.0 Å². The number of nitrogens with zero attached hydrogens (tertiary/aromatic N) is 2. The van der Waals surface area contributed by atoms with Gasteiger partial charge in [0, 0.05) is 12.5 Å². The van der Waals surface area contributed by atoms with Crippen LogP contribution in [0.3, 0.4) is 0 Å². The first-order valence-corrected chi connectivity index (χ1v) is 15.7. The molecule has 3 aromatic rings. The quantitative estimate of drug-likeness (QED) is 0.287. The number of aliphatic hydroxyl groups is 1. The Labute approximate surface area is 254 Å². The number of carboxylic acids is 1. The molecule has 0 amide bonds. The number of esters is 1. The van der Waals surface area contributed by atoms with Crippen LogP contribution in [0, 0.1) is 12.8 Å². The van der Waals surface area contributed by atoms with Crippen molar-refractivity contribution in [1.82, 2.24) is 9.13 Å². The average Bonchev–Trinajstić information content (AvgIpc) is 3.29. The van der Waals surface area contributed by atoms with E-state index in [0.717, 1.165) is 34.3 Å². The van der Waals surface area contributed by atoms with Crippen LogP contribution in [0.4, 0.5) is 0 Å². The number of hydrogen-bond donors (Lipinski definition) is 2. The molecule has 1 atom stereocenters. The van der Waals surface area contributed by atoms with Crippen LogP contribution in [0.1, 0.15) is 93.4 Å². The van der Waals surface area contributed by atoms with Crippen LogP contribution in [0.25, 0.3) is 10.2 Å². The van der Waals surface area contributed by atoms with E-state index in [4.69, 9.17) is 9.47 Å². The SMILES string of the molecule is CCOC(=O)c1sc2c(c1C)c(=O)n(C(C)(C)C(=O)O)c(=O)n2C[C@H](C[C@H]1CC[C@H](O)CC1)c1ccccc1OC(C)C. The number of aromatic nitrogens is 2. The maximum Gasteiger partial charge on any atom is 0.348 e. The van der Waals surface area contributed by atoms with Crippen LogP contribution in [0.2, 0.25) is 0 Å². The van der Waals surface area contributed by atoms with Gasteiger partial charge in [0.05, 0.1) is 24.2 Å². The van der Waals surface area contributed by atoms with Crippen molar-refractivity contribution in [3.05, 3.63) is 61.1 Å². The zero-order chi connectivity index (χ0) is 31.6. The van der Waals surface area contributed by atoms with Crippen molar-refractivity contribution in [3.63, 3.8) is 0 Å². The van der Waals surface area contributed by atoms with Crippen molar-refractivity contribution in [2.45, 2.75) is 104 Å². The second kappa shape index (κ2) is 13.1. The molecule has 1 aromatic carbocycles. The lowest BCUT2D eigenvalue weighted by Crippen LogP contribution is -2.52. The molecule has 0 aliphatic heterocycles. The Morgan fingerprint density at radius 1 is 1.12 bits per heavy atom. The van der Waals surface area contributed by atoms with Crippen LogP contribution in [-0.2, 0) is 21.6 Å². The summed E-state index contributed by atoms with van der Waals surface area (Å²) in [5.41, 5.74) is -2.11. The summed E-state index contributed by atoms with van der Waals surface area (Å²) in [6.07, 6.45) is 3.37. The number of carbonyl (C=O) groups excluding carboxylic acids is 1. The number of carbonyl (C=O) groups is 2. The van der Waals surface area contributed by atoms with Gasteiger partial charge in [0.2, 0.25) is 0 Å². The van der Waals surface area contributed by atoms with Crippen LogP contribution in [0.5, 0.6) is 5.75 Å². The molecule has 11 heteroatoms. The molecular formula is C32H42N2O8S. The molecule has 2 aromatic heterocycles. The molecule has 0 unspecified atom stereocenters. The third-order valence-corrected chi connectivity index (χ3v) is 9.61. The highest BCUT2D eigenvalue weighted by Gasteiger charge is 2.36. The Morgan fingerprint density at radius 2 is 1.77 bits per heavy atom. The van der Waals surface area contributed by atoms with Crippen LogP contribution < -0.4 is 16.0 Å². The van der Waals surface area contributed by atoms with Gasteiger partial charge in [-0.1, -0.05) is 18.2 Å². The van der Waals surface area contributed by atoms with Crippen molar-refractivity contribution in [3.8, 4) is 5.75 Å². The predicted octanol–water partition coefficient (Wildman–Crippen LogP) is 5.04. The lowest BCUT2D eigenvalue weighted by Gasteiger charge is -2.31. The highest BCUT2D eigenvalue weighted by Crippen LogP contribution is 2.39. The Bertz CT molecular complexity index is 1610. The van der Waals surface area contributed by atoms with Crippen LogP contribution in [0.15, 0.2) is 33.9 Å². The van der Waals surface area contributed by atoms with Crippen LogP contribution in [-0.4, -0.2) is 50.1 Å². The molecule has 0 radical (unpaired) electrons. The molecule has 234 valence electrons. The maximum absolute atomic E-state index is 14.2. The number of para-hydroxylation sites is 1. The minimum absolute atomic E-state index is 0.0913. The van der Waals surface area contributed by atoms with Gasteiger partial charge in [-0.2, -0.15) is 0 Å². The van der Waals surface area contributed by atoms with Gasteiger partial charge < -0.3 is 19.7 Å². The number of hydrogen-bond acceptors (Lipinski definition) is 8. The van der Waals surface area contributed by atoms with E-state index in [2.05, 4.69) is 0 Å². The fourth-order valence-electron chi connectivity index (χ4n) is 5.97. The average molecular weight is 615 g/mol. The zero-order valence-electron chi connectivity index (χ0n) is 25.7. The Hall–Kier alpha value is -3.44. The molecule has 0 spiro atoms. The topological polar surface area (TPSA) is 137 Å². The van der Waals surface area contributed by atoms with Gasteiger partial charge >= 0.3 is 17.6 Å². The molecule has 43 heavy (non-hydrogen) atoms. The first kappa shape index (κ1) is 32.5. The third-order valence-electron chi connectivity index (χ3n) is 8.31. The summed E-state index contributed by atoms with van der Waals surface area (Å²) in [6, 6.07) is 7.68. The lowest BCUT2D eigenvalue weighted by molar-refractivity contribution is -0.146. The summed E-state index contributed by atoms with van der Waals surface area (Å²) in [5.74, 6) is -1.20. The lowest BCUT2D eigenvalue weighted by atomic mass is 9.79. The number of aliphatic carboxylic acids is 1. The number of aryl methyl sites for hydroxylation is 1. The summed E-state index contributed by atoms with van der Waals surface area (Å²) in [7, 11) is 0. The van der Waals surface area contributed by atoms with E-state index in [1.165, 1.54) is 18.4 Å². The van der Waals surface area contributed by atoms with Crippen molar-refractivity contribution >= 4 is 33.5 Å². The predicted molar refractivity (Wildman–Crippen MR) is 166 cm³/mol. The second-order valence-corrected chi connectivity index (χ2v) is 13.2. The van der Waals surface area contributed by atoms with Gasteiger partial charge in [0.1, 0.15) is 21.0 Å². The number of benzene rings is 1. The molecule has 1 aliphatic carbocycles. The Kier molecular flexibility index (Phi) is 9.86. The highest BCUT2D eigenvalue weighted by atomic mass is 32.1. The molecular weight excluding hydrogens is 572 g/mol. The van der Waals surface area contributed by atoms with Crippen molar-refractivity contribution in [1.29, 1.82) is 0 Å². The Balaban J connectivity index is 1.98. The van der Waals surface area contributed by atoms with E-state index >= 15 is 0 Å². The minimum atomic E-state index is -1.85. The molecule has 10 nitrogen and oxygen atoms in total. The zero-order valence-corrected chi connectivity index (χ0v) is 26.5. The molecule has 2 heterocycles. The molecule has 0 saturated heterocycles. The van der Waals surface area contributed by atoms with Gasteiger partial charge in [-0.3, -0.25) is 9.36 Å². The minimum Gasteiger partial charge on any atom is -0.491 e. The normalized spacial score (nSPS) is 18.1. The number of fused-ring (bicyclic) bond motifs is 1. The van der Waals surface area contributed by atoms with E-state index in [1.807, 2.05) is 38.1 Å². The van der Waals surface area contributed by atoms with Crippen LogP contribution >= 0.6 is 11.3 Å². The van der Waals surface area contributed by atoms with Gasteiger partial charge in [-0.05, 0) is 96.8 Å². The van der Waals surface area contributed by atoms with Crippen molar-refractivity contribution in [2.75, 3.05) is 6.61 Å². The summed E-state index contributed by atoms with van der Waals surface area (Å²) in [6.45, 7) is 10.1. The van der Waals surface area contributed by atoms with E-state index in [-0.39, 0.29) is 47.5 Å². The molecule has 1 fully saturated rings. The standard InChI is InChI=1S/C32H42N2O8S/c1-7-41-29(37)26-19(4)25-27(36)34(32(5,6)30(38)39)31(40)33(28(25)43-26)17-21(16-20-12-14-22(35)15-13-20)23-10-8-9-11-24(23)42-18(2)3/h8-11,18,20-22,35H,7,12-17H2,1-6H3,(H,38,39)/t20-,21-,22-/m0/s1. The largest absolute Gasteiger partial charge is 0.491 e. The fourth-order valence-corrected chi connectivity index (χ4v) is 7.17. The van der Waals surface area contributed by atoms with Gasteiger partial charge in [0.25, 0.3) is 5.56 Å². The number of ether oxygens (including phenoxy) is 2. The molecule has 2 N–H and O–H groups in total. The van der Waals surface area contributed by atoms with Crippen molar-refractivity contribution in [2.24, 2.45) is 5.92 Å². The number of aliphatic hydroxyl groups excluding tert-OH is 1. The number of carboxylic acid groups (broad SMARTS) is 1. The Morgan fingerprint density at radius 3 is 2.37 bits per heavy atom. The smallest absolute Gasteiger partial charge is 0.348 e. The van der Waals surface area contributed by atoms with Gasteiger partial charge in [-0.15, -0.1) is 11.3 Å². The number of thiophene rings is 1. The van der Waals surface area contributed by atoms with Gasteiger partial charge in [0.15, 0.2) is 0 Å². The monoisotopic (exact) mass is 614 g/mol. The summed E-state index contributed by atoms with van der Waals surface area (Å²) in [5, 5.41) is 20.3. The van der Waals surface area contributed by atoms with E-state index < -0.39 is 28.7 Å². The first-order chi connectivity index (χ1) is 20.3. The summed E-state index contributed by atoms with van der Waals surface area (Å²) < 4.78 is 13.7. The van der Waals surface area contributed by atoms with E-state index in [1.54, 1.807) is 13.8 Å². The summed E-state index contributed by atoms with van der Waals surface area (Å²) >= 11 is 1.02. The second-order valence-electron chi connectivity index (χ2n) is 12.2.